The summed E-state index contributed by atoms with van der Waals surface area (Å²) in [5, 5.41) is 0. The highest BCUT2D eigenvalue weighted by Crippen LogP contribution is 2.21. The van der Waals surface area contributed by atoms with Crippen LogP contribution in [-0.4, -0.2) is 12.6 Å². The van der Waals surface area contributed by atoms with Crippen LogP contribution >= 0.6 is 15.9 Å². The first-order valence-electron chi connectivity index (χ1n) is 4.56. The molecule has 76 valence electrons. The zero-order valence-corrected chi connectivity index (χ0v) is 9.87. The van der Waals surface area contributed by atoms with E-state index in [9.17, 15) is 4.79 Å². The van der Waals surface area contributed by atoms with Crippen molar-refractivity contribution in [3.05, 3.63) is 35.4 Å². The number of ether oxygens (including phenoxy) is 1. The van der Waals surface area contributed by atoms with Crippen molar-refractivity contribution < 1.29 is 9.53 Å². The van der Waals surface area contributed by atoms with Crippen LogP contribution < -0.4 is 0 Å². The molecule has 0 bridgehead atoms. The van der Waals surface area contributed by atoms with Crippen LogP contribution in [0.25, 0.3) is 0 Å². The Morgan fingerprint density at radius 2 is 2.00 bits per heavy atom. The lowest BCUT2D eigenvalue weighted by molar-refractivity contribution is 0.0526. The summed E-state index contributed by atoms with van der Waals surface area (Å²) in [5.74, 6) is -0.263. The maximum atomic E-state index is 11.3. The molecule has 0 aliphatic heterocycles. The fourth-order valence-electron chi connectivity index (χ4n) is 1.10. The number of halogens is 1. The largest absolute Gasteiger partial charge is 0.462 e. The molecule has 1 aromatic carbocycles. The topological polar surface area (TPSA) is 26.3 Å². The van der Waals surface area contributed by atoms with Gasteiger partial charge in [0.25, 0.3) is 0 Å². The maximum Gasteiger partial charge on any atom is 0.338 e. The van der Waals surface area contributed by atoms with Crippen LogP contribution in [0.1, 0.15) is 34.6 Å². The van der Waals surface area contributed by atoms with Crippen molar-refractivity contribution >= 4 is 21.9 Å². The van der Waals surface area contributed by atoms with Gasteiger partial charge >= 0.3 is 5.97 Å². The highest BCUT2D eigenvalue weighted by atomic mass is 79.9. The van der Waals surface area contributed by atoms with E-state index in [1.807, 2.05) is 19.1 Å². The average molecular weight is 257 g/mol. The molecule has 0 aromatic heterocycles. The van der Waals surface area contributed by atoms with Crippen LogP contribution in [0.15, 0.2) is 24.3 Å². The van der Waals surface area contributed by atoms with Gasteiger partial charge < -0.3 is 4.74 Å². The Hall–Kier alpha value is -0.830. The third-order valence-corrected chi connectivity index (χ3v) is 2.41. The highest BCUT2D eigenvalue weighted by Gasteiger charge is 2.06. The molecule has 0 N–H and O–H groups in total. The molecule has 0 saturated heterocycles. The van der Waals surface area contributed by atoms with E-state index in [0.717, 1.165) is 5.56 Å². The predicted octanol–water partition coefficient (Wildman–Crippen LogP) is 3.32. The van der Waals surface area contributed by atoms with Crippen molar-refractivity contribution in [3.8, 4) is 0 Å². The molecule has 3 heteroatoms. The first-order chi connectivity index (χ1) is 6.65. The van der Waals surface area contributed by atoms with Crippen molar-refractivity contribution in [3.63, 3.8) is 0 Å². The summed E-state index contributed by atoms with van der Waals surface area (Å²) >= 11 is 3.46. The van der Waals surface area contributed by atoms with E-state index in [1.165, 1.54) is 0 Å². The standard InChI is InChI=1S/C11H13BrO2/c1-3-14-11(13)10-6-4-9(5-7-10)8(2)12/h4-8H,3H2,1-2H3. The molecular weight excluding hydrogens is 244 g/mol. The minimum absolute atomic E-state index is 0.263. The second-order valence-corrected chi connectivity index (χ2v) is 4.33. The lowest BCUT2D eigenvalue weighted by Crippen LogP contribution is -2.04. The van der Waals surface area contributed by atoms with Crippen LogP contribution in [0.4, 0.5) is 0 Å². The van der Waals surface area contributed by atoms with E-state index in [-0.39, 0.29) is 5.97 Å². The van der Waals surface area contributed by atoms with E-state index < -0.39 is 0 Å². The van der Waals surface area contributed by atoms with Gasteiger partial charge in [0.2, 0.25) is 0 Å². The van der Waals surface area contributed by atoms with E-state index in [1.54, 1.807) is 19.1 Å². The molecule has 0 aliphatic carbocycles. The number of carbonyl (C=O) groups excluding carboxylic acids is 1. The van der Waals surface area contributed by atoms with Gasteiger partial charge in [0, 0.05) is 4.83 Å². The minimum Gasteiger partial charge on any atom is -0.462 e. The molecule has 0 aliphatic rings. The number of hydrogen-bond donors (Lipinski definition) is 0. The van der Waals surface area contributed by atoms with Gasteiger partial charge in [0.15, 0.2) is 0 Å². The van der Waals surface area contributed by atoms with Gasteiger partial charge in [-0.15, -0.1) is 0 Å². The summed E-state index contributed by atoms with van der Waals surface area (Å²) < 4.78 is 4.88. The zero-order valence-electron chi connectivity index (χ0n) is 8.29. The molecule has 14 heavy (non-hydrogen) atoms. The summed E-state index contributed by atoms with van der Waals surface area (Å²) in [7, 11) is 0. The number of rotatable bonds is 3. The lowest BCUT2D eigenvalue weighted by atomic mass is 10.1. The Morgan fingerprint density at radius 3 is 2.43 bits per heavy atom. The van der Waals surface area contributed by atoms with E-state index in [0.29, 0.717) is 17.0 Å². The fraction of sp³-hybridized carbons (Fsp3) is 0.364. The molecule has 1 unspecified atom stereocenters. The number of esters is 1. The lowest BCUT2D eigenvalue weighted by Gasteiger charge is -2.05. The molecule has 0 saturated carbocycles. The summed E-state index contributed by atoms with van der Waals surface area (Å²) in [6.07, 6.45) is 0. The number of alkyl halides is 1. The van der Waals surface area contributed by atoms with Crippen LogP contribution in [0.3, 0.4) is 0 Å². The second kappa shape index (κ2) is 5.15. The van der Waals surface area contributed by atoms with Gasteiger partial charge in [0.1, 0.15) is 0 Å². The van der Waals surface area contributed by atoms with Gasteiger partial charge in [-0.1, -0.05) is 28.1 Å². The molecular formula is C11H13BrO2. The van der Waals surface area contributed by atoms with Gasteiger partial charge in [-0.2, -0.15) is 0 Å². The molecule has 0 radical (unpaired) electrons. The third-order valence-electron chi connectivity index (χ3n) is 1.88. The van der Waals surface area contributed by atoms with Gasteiger partial charge in [-0.25, -0.2) is 4.79 Å². The summed E-state index contributed by atoms with van der Waals surface area (Å²) in [5.41, 5.74) is 1.75. The molecule has 1 aromatic rings. The van der Waals surface area contributed by atoms with E-state index in [4.69, 9.17) is 4.74 Å². The predicted molar refractivity (Wildman–Crippen MR) is 59.7 cm³/mol. The van der Waals surface area contributed by atoms with Crippen LogP contribution in [0.2, 0.25) is 0 Å². The van der Waals surface area contributed by atoms with E-state index >= 15 is 0 Å². The molecule has 0 amide bonds. The van der Waals surface area contributed by atoms with Crippen LogP contribution in [0, 0.1) is 0 Å². The van der Waals surface area contributed by atoms with Gasteiger partial charge in [0.05, 0.1) is 12.2 Å². The smallest absolute Gasteiger partial charge is 0.338 e. The maximum absolute atomic E-state index is 11.3. The first kappa shape index (κ1) is 11.2. The monoisotopic (exact) mass is 256 g/mol. The third kappa shape index (κ3) is 2.84. The molecule has 1 rings (SSSR count). The van der Waals surface area contributed by atoms with Gasteiger partial charge in [-0.3, -0.25) is 0 Å². The fourth-order valence-corrected chi connectivity index (χ4v) is 1.40. The van der Waals surface area contributed by atoms with Crippen LogP contribution in [0.5, 0.6) is 0 Å². The highest BCUT2D eigenvalue weighted by molar-refractivity contribution is 9.09. The first-order valence-corrected chi connectivity index (χ1v) is 5.48. The van der Waals surface area contributed by atoms with Crippen LogP contribution in [-0.2, 0) is 4.74 Å². The second-order valence-electron chi connectivity index (χ2n) is 2.96. The molecule has 0 heterocycles. The average Bonchev–Trinajstić information content (AvgIpc) is 2.18. The SMILES string of the molecule is CCOC(=O)c1ccc(C(C)Br)cc1. The quantitative estimate of drug-likeness (QED) is 0.613. The molecule has 1 atom stereocenters. The zero-order chi connectivity index (χ0) is 10.6. The Labute approximate surface area is 92.4 Å². The Bertz CT molecular complexity index is 304. The molecule has 0 spiro atoms. The van der Waals surface area contributed by atoms with Crippen molar-refractivity contribution in [2.75, 3.05) is 6.61 Å². The summed E-state index contributed by atoms with van der Waals surface area (Å²) in [6.45, 7) is 4.25. The summed E-state index contributed by atoms with van der Waals surface area (Å²) in [6, 6.07) is 7.41. The normalized spacial score (nSPS) is 12.2. The minimum atomic E-state index is -0.263. The number of carbonyl (C=O) groups is 1. The molecule has 0 fully saturated rings. The Balaban J connectivity index is 2.78. The van der Waals surface area contributed by atoms with Crippen molar-refractivity contribution in [2.24, 2.45) is 0 Å². The molecule has 2 nitrogen and oxygen atoms in total. The van der Waals surface area contributed by atoms with Crippen molar-refractivity contribution in [2.45, 2.75) is 18.7 Å². The van der Waals surface area contributed by atoms with E-state index in [2.05, 4.69) is 15.9 Å². The van der Waals surface area contributed by atoms with Crippen molar-refractivity contribution in [1.82, 2.24) is 0 Å². The summed E-state index contributed by atoms with van der Waals surface area (Å²) in [4.78, 5) is 11.6. The van der Waals surface area contributed by atoms with Gasteiger partial charge in [-0.05, 0) is 31.5 Å². The Morgan fingerprint density at radius 1 is 1.43 bits per heavy atom. The van der Waals surface area contributed by atoms with Crippen molar-refractivity contribution in [1.29, 1.82) is 0 Å². The number of benzene rings is 1. The number of hydrogen-bond acceptors (Lipinski definition) is 2. The Kier molecular flexibility index (Phi) is 4.14.